The number of benzene rings is 1. The molecule has 0 aromatic heterocycles. The van der Waals surface area contributed by atoms with Crippen molar-refractivity contribution >= 4 is 5.97 Å². The number of nitrogens with zero attached hydrogens (tertiary/aromatic N) is 1. The molecule has 1 aromatic carbocycles. The van der Waals surface area contributed by atoms with Crippen LogP contribution >= 0.6 is 0 Å². The molecule has 0 radical (unpaired) electrons. The molecule has 0 amide bonds. The average molecular weight is 305 g/mol. The first-order valence-corrected chi connectivity index (χ1v) is 8.66. The maximum absolute atomic E-state index is 12.2. The van der Waals surface area contributed by atoms with Crippen molar-refractivity contribution in [3.8, 4) is 5.75 Å². The summed E-state index contributed by atoms with van der Waals surface area (Å²) in [7, 11) is 0. The molecule has 3 heteroatoms. The van der Waals surface area contributed by atoms with Gasteiger partial charge in [-0.1, -0.05) is 57.7 Å². The zero-order valence-electron chi connectivity index (χ0n) is 14.4. The van der Waals surface area contributed by atoms with Crippen LogP contribution in [0.15, 0.2) is 24.3 Å². The monoisotopic (exact) mass is 305 g/mol. The highest BCUT2D eigenvalue weighted by atomic mass is 16.5. The van der Waals surface area contributed by atoms with E-state index in [0.717, 1.165) is 31.5 Å². The molecule has 0 atom stereocenters. The highest BCUT2D eigenvalue weighted by Gasteiger charge is 2.13. The van der Waals surface area contributed by atoms with Crippen LogP contribution in [0.25, 0.3) is 0 Å². The number of hydrogen-bond donors (Lipinski definition) is 0. The van der Waals surface area contributed by atoms with Crippen molar-refractivity contribution in [2.75, 3.05) is 19.6 Å². The highest BCUT2D eigenvalue weighted by Crippen LogP contribution is 2.16. The second kappa shape index (κ2) is 11.2. The Hall–Kier alpha value is -1.35. The molecule has 1 aromatic rings. The van der Waals surface area contributed by atoms with Crippen LogP contribution in [0.1, 0.15) is 57.9 Å². The van der Waals surface area contributed by atoms with Gasteiger partial charge in [-0.2, -0.15) is 0 Å². The summed E-state index contributed by atoms with van der Waals surface area (Å²) in [5.41, 5.74) is 0.999. The van der Waals surface area contributed by atoms with Crippen LogP contribution in [0.2, 0.25) is 0 Å². The van der Waals surface area contributed by atoms with Crippen molar-refractivity contribution in [1.29, 1.82) is 0 Å². The molecule has 0 unspecified atom stereocenters. The largest absolute Gasteiger partial charge is 0.425 e. The van der Waals surface area contributed by atoms with Crippen LogP contribution in [0.5, 0.6) is 5.75 Å². The van der Waals surface area contributed by atoms with E-state index in [1.165, 1.54) is 25.7 Å². The minimum Gasteiger partial charge on any atom is -0.425 e. The lowest BCUT2D eigenvalue weighted by atomic mass is 10.2. The van der Waals surface area contributed by atoms with Crippen molar-refractivity contribution in [3.05, 3.63) is 29.8 Å². The van der Waals surface area contributed by atoms with Crippen LogP contribution in [0.4, 0.5) is 0 Å². The quantitative estimate of drug-likeness (QED) is 0.340. The molecule has 0 aliphatic heterocycles. The SMILES string of the molecule is CCCCCN(CCCCC)CC(=O)Oc1ccccc1C. The topological polar surface area (TPSA) is 29.5 Å². The molecule has 22 heavy (non-hydrogen) atoms. The summed E-state index contributed by atoms with van der Waals surface area (Å²) < 4.78 is 5.51. The van der Waals surface area contributed by atoms with Gasteiger partial charge in [-0.05, 0) is 44.5 Å². The van der Waals surface area contributed by atoms with E-state index in [1.54, 1.807) is 0 Å². The molecule has 0 aliphatic carbocycles. The van der Waals surface area contributed by atoms with Gasteiger partial charge in [0, 0.05) is 0 Å². The molecule has 0 spiro atoms. The highest BCUT2D eigenvalue weighted by molar-refractivity contribution is 5.74. The summed E-state index contributed by atoms with van der Waals surface area (Å²) in [6, 6.07) is 7.67. The third kappa shape index (κ3) is 7.60. The van der Waals surface area contributed by atoms with E-state index in [-0.39, 0.29) is 5.97 Å². The van der Waals surface area contributed by atoms with Gasteiger partial charge >= 0.3 is 5.97 Å². The number of aryl methyl sites for hydroxylation is 1. The molecule has 0 heterocycles. The number of esters is 1. The lowest BCUT2D eigenvalue weighted by Crippen LogP contribution is -2.34. The van der Waals surface area contributed by atoms with Crippen LogP contribution in [0, 0.1) is 6.92 Å². The van der Waals surface area contributed by atoms with E-state index in [0.29, 0.717) is 12.3 Å². The Morgan fingerprint density at radius 2 is 1.59 bits per heavy atom. The number of carbonyl (C=O) groups excluding carboxylic acids is 1. The minimum atomic E-state index is -0.151. The van der Waals surface area contributed by atoms with Gasteiger partial charge in [0.2, 0.25) is 0 Å². The molecule has 1 rings (SSSR count). The Morgan fingerprint density at radius 3 is 2.14 bits per heavy atom. The van der Waals surface area contributed by atoms with E-state index < -0.39 is 0 Å². The van der Waals surface area contributed by atoms with Gasteiger partial charge in [0.15, 0.2) is 0 Å². The number of unbranched alkanes of at least 4 members (excludes halogenated alkanes) is 4. The van der Waals surface area contributed by atoms with Crippen molar-refractivity contribution < 1.29 is 9.53 Å². The number of para-hydroxylation sites is 1. The molecular weight excluding hydrogens is 274 g/mol. The van der Waals surface area contributed by atoms with Crippen molar-refractivity contribution in [3.63, 3.8) is 0 Å². The molecule has 0 N–H and O–H groups in total. The number of hydrogen-bond acceptors (Lipinski definition) is 3. The van der Waals surface area contributed by atoms with E-state index in [9.17, 15) is 4.79 Å². The average Bonchev–Trinajstić information content (AvgIpc) is 2.50. The first-order valence-electron chi connectivity index (χ1n) is 8.66. The fraction of sp³-hybridized carbons (Fsp3) is 0.632. The normalized spacial score (nSPS) is 10.9. The smallest absolute Gasteiger partial charge is 0.325 e. The van der Waals surface area contributed by atoms with Gasteiger partial charge in [-0.25, -0.2) is 0 Å². The summed E-state index contributed by atoms with van der Waals surface area (Å²) >= 11 is 0. The predicted octanol–water partition coefficient (Wildman–Crippen LogP) is 4.58. The van der Waals surface area contributed by atoms with E-state index >= 15 is 0 Å². The maximum Gasteiger partial charge on any atom is 0.325 e. The van der Waals surface area contributed by atoms with Crippen LogP contribution in [-0.2, 0) is 4.79 Å². The Bertz CT molecular complexity index is 421. The fourth-order valence-corrected chi connectivity index (χ4v) is 2.45. The van der Waals surface area contributed by atoms with Crippen LogP contribution < -0.4 is 4.74 Å². The number of rotatable bonds is 11. The third-order valence-electron chi connectivity index (χ3n) is 3.83. The molecule has 0 aliphatic rings. The number of ether oxygens (including phenoxy) is 1. The Kier molecular flexibility index (Phi) is 9.56. The molecule has 124 valence electrons. The van der Waals surface area contributed by atoms with Crippen LogP contribution in [0.3, 0.4) is 0 Å². The second-order valence-electron chi connectivity index (χ2n) is 5.93. The van der Waals surface area contributed by atoms with Crippen molar-refractivity contribution in [2.24, 2.45) is 0 Å². The lowest BCUT2D eigenvalue weighted by Gasteiger charge is -2.21. The molecule has 0 fully saturated rings. The van der Waals surface area contributed by atoms with Crippen molar-refractivity contribution in [2.45, 2.75) is 59.3 Å². The summed E-state index contributed by atoms with van der Waals surface area (Å²) in [6.07, 6.45) is 7.15. The van der Waals surface area contributed by atoms with Gasteiger partial charge in [0.25, 0.3) is 0 Å². The summed E-state index contributed by atoms with van der Waals surface area (Å²) in [4.78, 5) is 14.4. The Morgan fingerprint density at radius 1 is 1.00 bits per heavy atom. The van der Waals surface area contributed by atoms with E-state index in [2.05, 4.69) is 18.7 Å². The zero-order chi connectivity index (χ0) is 16.2. The molecule has 3 nitrogen and oxygen atoms in total. The van der Waals surface area contributed by atoms with Crippen molar-refractivity contribution in [1.82, 2.24) is 4.90 Å². The van der Waals surface area contributed by atoms with Gasteiger partial charge in [0.05, 0.1) is 6.54 Å². The standard InChI is InChI=1S/C19H31NO2/c1-4-6-10-14-20(15-11-7-5-2)16-19(21)22-18-13-9-8-12-17(18)3/h8-9,12-13H,4-7,10-11,14-16H2,1-3H3. The molecular formula is C19H31NO2. The van der Waals surface area contributed by atoms with Crippen LogP contribution in [-0.4, -0.2) is 30.5 Å². The maximum atomic E-state index is 12.2. The lowest BCUT2D eigenvalue weighted by molar-refractivity contribution is -0.135. The van der Waals surface area contributed by atoms with Gasteiger partial charge in [0.1, 0.15) is 5.75 Å². The van der Waals surface area contributed by atoms with Gasteiger partial charge in [-0.15, -0.1) is 0 Å². The van der Waals surface area contributed by atoms with E-state index in [4.69, 9.17) is 4.74 Å². The summed E-state index contributed by atoms with van der Waals surface area (Å²) in [5, 5.41) is 0. The first-order chi connectivity index (χ1) is 10.7. The Balaban J connectivity index is 2.47. The van der Waals surface area contributed by atoms with E-state index in [1.807, 2.05) is 31.2 Å². The molecule has 0 saturated carbocycles. The third-order valence-corrected chi connectivity index (χ3v) is 3.83. The molecule has 0 bridgehead atoms. The number of carbonyl (C=O) groups is 1. The fourth-order valence-electron chi connectivity index (χ4n) is 2.45. The second-order valence-corrected chi connectivity index (χ2v) is 5.93. The summed E-state index contributed by atoms with van der Waals surface area (Å²) in [6.45, 7) is 8.73. The summed E-state index contributed by atoms with van der Waals surface area (Å²) in [5.74, 6) is 0.525. The van der Waals surface area contributed by atoms with Gasteiger partial charge in [-0.3, -0.25) is 9.69 Å². The van der Waals surface area contributed by atoms with Gasteiger partial charge < -0.3 is 4.74 Å². The molecule has 0 saturated heterocycles. The first kappa shape index (κ1) is 18.7. The zero-order valence-corrected chi connectivity index (χ0v) is 14.4. The minimum absolute atomic E-state index is 0.151. The Labute approximate surface area is 135 Å². The predicted molar refractivity (Wildman–Crippen MR) is 92.3 cm³/mol.